The molecule has 0 saturated heterocycles. The number of hydrogen-bond donors (Lipinski definition) is 2. The van der Waals surface area contributed by atoms with Gasteiger partial charge in [0.2, 0.25) is 12.7 Å². The second-order valence-electron chi connectivity index (χ2n) is 4.60. The summed E-state index contributed by atoms with van der Waals surface area (Å²) in [5.74, 6) is 1.42. The molecule has 1 aromatic rings. The largest absolute Gasteiger partial charge is 0.454 e. The van der Waals surface area contributed by atoms with Crippen LogP contribution in [0.3, 0.4) is 0 Å². The molecule has 1 aliphatic rings. The molecule has 0 spiro atoms. The summed E-state index contributed by atoms with van der Waals surface area (Å²) in [7, 11) is 0. The lowest BCUT2D eigenvalue weighted by Crippen LogP contribution is -2.40. The summed E-state index contributed by atoms with van der Waals surface area (Å²) in [4.78, 5) is 11.8. The van der Waals surface area contributed by atoms with Crippen LogP contribution in [0.15, 0.2) is 18.2 Å². The molecule has 2 N–H and O–H groups in total. The molecule has 5 nitrogen and oxygen atoms in total. The molecule has 1 unspecified atom stereocenters. The van der Waals surface area contributed by atoms with E-state index in [0.717, 1.165) is 11.4 Å². The van der Waals surface area contributed by atoms with Crippen molar-refractivity contribution in [3.63, 3.8) is 0 Å². The highest BCUT2D eigenvalue weighted by Crippen LogP contribution is 2.34. The summed E-state index contributed by atoms with van der Waals surface area (Å²) in [5, 5.41) is 5.99. The fourth-order valence-corrected chi connectivity index (χ4v) is 1.71. The van der Waals surface area contributed by atoms with Gasteiger partial charge in [0.05, 0.1) is 0 Å². The van der Waals surface area contributed by atoms with Crippen LogP contribution in [0.5, 0.6) is 11.5 Å². The predicted molar refractivity (Wildman–Crippen MR) is 68.9 cm³/mol. The molecular formula is C13H18N2O3. The monoisotopic (exact) mass is 250 g/mol. The zero-order valence-electron chi connectivity index (χ0n) is 10.8. The van der Waals surface area contributed by atoms with Crippen molar-refractivity contribution < 1.29 is 14.3 Å². The first-order chi connectivity index (χ1) is 8.56. The lowest BCUT2D eigenvalue weighted by atomic mass is 10.2. The van der Waals surface area contributed by atoms with Crippen LogP contribution in [-0.2, 0) is 4.79 Å². The van der Waals surface area contributed by atoms with Crippen LogP contribution in [0.2, 0.25) is 0 Å². The number of hydrogen-bond acceptors (Lipinski definition) is 4. The maximum absolute atomic E-state index is 11.8. The van der Waals surface area contributed by atoms with E-state index in [1.54, 1.807) is 0 Å². The minimum Gasteiger partial charge on any atom is -0.454 e. The average Bonchev–Trinajstić information content (AvgIpc) is 2.75. The maximum Gasteiger partial charge on any atom is 0.242 e. The van der Waals surface area contributed by atoms with Crippen LogP contribution in [0, 0.1) is 0 Å². The van der Waals surface area contributed by atoms with Crippen molar-refractivity contribution in [2.45, 2.75) is 32.9 Å². The van der Waals surface area contributed by atoms with Gasteiger partial charge in [-0.3, -0.25) is 4.79 Å². The van der Waals surface area contributed by atoms with Gasteiger partial charge in [-0.2, -0.15) is 0 Å². The highest BCUT2D eigenvalue weighted by molar-refractivity contribution is 5.84. The summed E-state index contributed by atoms with van der Waals surface area (Å²) < 4.78 is 10.5. The fraction of sp³-hybridized carbons (Fsp3) is 0.462. The van der Waals surface area contributed by atoms with E-state index in [0.29, 0.717) is 5.75 Å². The van der Waals surface area contributed by atoms with E-state index in [4.69, 9.17) is 9.47 Å². The lowest BCUT2D eigenvalue weighted by molar-refractivity contribution is -0.122. The number of rotatable bonds is 4. The Bertz CT molecular complexity index is 446. The Hall–Kier alpha value is -1.91. The van der Waals surface area contributed by atoms with Crippen LogP contribution in [0.1, 0.15) is 20.8 Å². The predicted octanol–water partition coefficient (Wildman–Crippen LogP) is 1.74. The van der Waals surface area contributed by atoms with Gasteiger partial charge in [-0.1, -0.05) is 0 Å². The van der Waals surface area contributed by atoms with Gasteiger partial charge in [-0.05, 0) is 32.9 Å². The standard InChI is InChI=1S/C13H18N2O3/c1-8(2)14-13(16)9(3)15-10-4-5-11-12(6-10)18-7-17-11/h4-6,8-9,15H,7H2,1-3H3,(H,14,16). The number of nitrogens with one attached hydrogen (secondary N) is 2. The van der Waals surface area contributed by atoms with Crippen molar-refractivity contribution in [3.05, 3.63) is 18.2 Å². The van der Waals surface area contributed by atoms with Crippen LogP contribution in [0.4, 0.5) is 5.69 Å². The summed E-state index contributed by atoms with van der Waals surface area (Å²) in [5.41, 5.74) is 0.839. The first-order valence-corrected chi connectivity index (χ1v) is 6.03. The fourth-order valence-electron chi connectivity index (χ4n) is 1.71. The number of ether oxygens (including phenoxy) is 2. The minimum absolute atomic E-state index is 0.0253. The van der Waals surface area contributed by atoms with Gasteiger partial charge in [-0.25, -0.2) is 0 Å². The Balaban J connectivity index is 1.99. The van der Waals surface area contributed by atoms with E-state index >= 15 is 0 Å². The first kappa shape index (κ1) is 12.5. The third-order valence-corrected chi connectivity index (χ3v) is 2.58. The third-order valence-electron chi connectivity index (χ3n) is 2.58. The molecule has 1 aliphatic heterocycles. The Morgan fingerprint density at radius 1 is 1.22 bits per heavy atom. The van der Waals surface area contributed by atoms with Gasteiger partial charge in [-0.15, -0.1) is 0 Å². The van der Waals surface area contributed by atoms with Crippen molar-refractivity contribution in [1.82, 2.24) is 5.32 Å². The minimum atomic E-state index is -0.298. The smallest absolute Gasteiger partial charge is 0.242 e. The maximum atomic E-state index is 11.8. The third kappa shape index (κ3) is 2.85. The number of carbonyl (C=O) groups excluding carboxylic acids is 1. The molecule has 0 aromatic heterocycles. The van der Waals surface area contributed by atoms with Crippen molar-refractivity contribution in [3.8, 4) is 11.5 Å². The van der Waals surface area contributed by atoms with Crippen LogP contribution in [0.25, 0.3) is 0 Å². The topological polar surface area (TPSA) is 59.6 Å². The molecule has 0 radical (unpaired) electrons. The second kappa shape index (κ2) is 5.16. The summed E-state index contributed by atoms with van der Waals surface area (Å²) in [6, 6.07) is 5.37. The SMILES string of the molecule is CC(C)NC(=O)C(C)Nc1ccc2c(c1)OCO2. The van der Waals surface area contributed by atoms with Gasteiger partial charge >= 0.3 is 0 Å². The Morgan fingerprint density at radius 3 is 2.67 bits per heavy atom. The zero-order valence-corrected chi connectivity index (χ0v) is 10.8. The highest BCUT2D eigenvalue weighted by Gasteiger charge is 2.16. The van der Waals surface area contributed by atoms with Gasteiger partial charge in [0, 0.05) is 17.8 Å². The average molecular weight is 250 g/mol. The van der Waals surface area contributed by atoms with E-state index < -0.39 is 0 Å². The van der Waals surface area contributed by atoms with E-state index in [-0.39, 0.29) is 24.8 Å². The van der Waals surface area contributed by atoms with E-state index in [1.165, 1.54) is 0 Å². The molecule has 0 saturated carbocycles. The zero-order chi connectivity index (χ0) is 13.1. The molecule has 0 aliphatic carbocycles. The molecular weight excluding hydrogens is 232 g/mol. The second-order valence-corrected chi connectivity index (χ2v) is 4.60. The molecule has 1 amide bonds. The normalized spacial score (nSPS) is 14.4. The summed E-state index contributed by atoms with van der Waals surface area (Å²) in [6.45, 7) is 5.95. The number of benzene rings is 1. The first-order valence-electron chi connectivity index (χ1n) is 6.03. The van der Waals surface area contributed by atoms with Gasteiger partial charge in [0.1, 0.15) is 6.04 Å². The number of fused-ring (bicyclic) bond motifs is 1. The van der Waals surface area contributed by atoms with E-state index in [9.17, 15) is 4.79 Å². The molecule has 98 valence electrons. The Labute approximate surface area is 106 Å². The number of anilines is 1. The Morgan fingerprint density at radius 2 is 1.94 bits per heavy atom. The quantitative estimate of drug-likeness (QED) is 0.854. The molecule has 1 atom stereocenters. The lowest BCUT2D eigenvalue weighted by Gasteiger charge is -2.17. The number of carbonyl (C=O) groups is 1. The van der Waals surface area contributed by atoms with Crippen molar-refractivity contribution in [2.24, 2.45) is 0 Å². The van der Waals surface area contributed by atoms with Crippen molar-refractivity contribution in [2.75, 3.05) is 12.1 Å². The van der Waals surface area contributed by atoms with Crippen molar-refractivity contribution >= 4 is 11.6 Å². The molecule has 5 heteroatoms. The molecule has 0 bridgehead atoms. The van der Waals surface area contributed by atoms with Gasteiger partial charge in [0.25, 0.3) is 0 Å². The van der Waals surface area contributed by atoms with Crippen LogP contribution in [-0.4, -0.2) is 24.8 Å². The molecule has 0 fully saturated rings. The summed E-state index contributed by atoms with van der Waals surface area (Å²) >= 11 is 0. The summed E-state index contributed by atoms with van der Waals surface area (Å²) in [6.07, 6.45) is 0. The molecule has 2 rings (SSSR count). The van der Waals surface area contributed by atoms with Crippen molar-refractivity contribution in [1.29, 1.82) is 0 Å². The Kier molecular flexibility index (Phi) is 3.60. The van der Waals surface area contributed by atoms with E-state index in [1.807, 2.05) is 39.0 Å². The van der Waals surface area contributed by atoms with E-state index in [2.05, 4.69) is 10.6 Å². The van der Waals surface area contributed by atoms with Crippen LogP contribution >= 0.6 is 0 Å². The molecule has 18 heavy (non-hydrogen) atoms. The molecule has 1 heterocycles. The van der Waals surface area contributed by atoms with Crippen LogP contribution < -0.4 is 20.1 Å². The highest BCUT2D eigenvalue weighted by atomic mass is 16.7. The van der Waals surface area contributed by atoms with Gasteiger partial charge < -0.3 is 20.1 Å². The van der Waals surface area contributed by atoms with Gasteiger partial charge in [0.15, 0.2) is 11.5 Å². The number of amides is 1. The molecule has 1 aromatic carbocycles.